The Morgan fingerprint density at radius 3 is 2.31 bits per heavy atom. The highest BCUT2D eigenvalue weighted by Crippen LogP contribution is 2.16. The molecule has 0 fully saturated rings. The normalized spacial score (nSPS) is 10.3. The van der Waals surface area contributed by atoms with Gasteiger partial charge in [-0.3, -0.25) is 20.2 Å². The van der Waals surface area contributed by atoms with Crippen LogP contribution in [-0.4, -0.2) is 22.5 Å². The third-order valence-electron chi connectivity index (χ3n) is 3.26. The molecule has 2 N–H and O–H groups in total. The molecule has 0 atom stereocenters. The maximum absolute atomic E-state index is 12.2. The molecule has 0 aromatic heterocycles. The molecule has 0 aliphatic heterocycles. The Hall–Kier alpha value is -3.00. The number of carbonyl (C=O) groups excluding carboxylic acids is 1. The van der Waals surface area contributed by atoms with E-state index in [9.17, 15) is 14.9 Å². The summed E-state index contributed by atoms with van der Waals surface area (Å²) in [6.07, 6.45) is 0. The first-order valence-corrected chi connectivity index (χ1v) is 8.35. The quantitative estimate of drug-likeness (QED) is 0.455. The van der Waals surface area contributed by atoms with Crippen molar-refractivity contribution in [3.63, 3.8) is 0 Å². The molecule has 0 radical (unpaired) electrons. The van der Waals surface area contributed by atoms with E-state index in [2.05, 4.69) is 24.5 Å². The molecule has 7 nitrogen and oxygen atoms in total. The smallest absolute Gasteiger partial charge is 0.269 e. The van der Waals surface area contributed by atoms with Gasteiger partial charge < -0.3 is 10.1 Å². The van der Waals surface area contributed by atoms with Crippen LogP contribution in [0.5, 0.6) is 5.75 Å². The lowest BCUT2D eigenvalue weighted by molar-refractivity contribution is -0.384. The van der Waals surface area contributed by atoms with Gasteiger partial charge in [-0.2, -0.15) is 0 Å². The van der Waals surface area contributed by atoms with Gasteiger partial charge in [-0.25, -0.2) is 0 Å². The second-order valence-electron chi connectivity index (χ2n) is 5.94. The first kappa shape index (κ1) is 19.3. The van der Waals surface area contributed by atoms with Gasteiger partial charge in [0.1, 0.15) is 5.75 Å². The molecule has 0 spiro atoms. The summed E-state index contributed by atoms with van der Waals surface area (Å²) in [6, 6.07) is 12.5. The maximum Gasteiger partial charge on any atom is 0.269 e. The molecular weight excluding hydrogens is 354 g/mol. The van der Waals surface area contributed by atoms with Crippen LogP contribution in [0.15, 0.2) is 48.5 Å². The Morgan fingerprint density at radius 2 is 1.77 bits per heavy atom. The summed E-state index contributed by atoms with van der Waals surface area (Å²) < 4.78 is 5.57. The van der Waals surface area contributed by atoms with Crippen LogP contribution in [0, 0.1) is 16.0 Å². The minimum atomic E-state index is -0.488. The average molecular weight is 373 g/mol. The average Bonchev–Trinajstić information content (AvgIpc) is 2.60. The lowest BCUT2D eigenvalue weighted by Gasteiger charge is -2.11. The Balaban J connectivity index is 1.90. The molecule has 1 amide bonds. The third-order valence-corrected chi connectivity index (χ3v) is 3.47. The summed E-state index contributed by atoms with van der Waals surface area (Å²) in [5, 5.41) is 16.1. The van der Waals surface area contributed by atoms with Crippen molar-refractivity contribution in [3.8, 4) is 5.75 Å². The van der Waals surface area contributed by atoms with Gasteiger partial charge in [0.2, 0.25) is 0 Å². The minimum Gasteiger partial charge on any atom is -0.493 e. The van der Waals surface area contributed by atoms with E-state index in [1.807, 2.05) is 0 Å². The number of nitro benzene ring substituents is 1. The van der Waals surface area contributed by atoms with Crippen molar-refractivity contribution in [1.29, 1.82) is 0 Å². The van der Waals surface area contributed by atoms with Gasteiger partial charge in [0.15, 0.2) is 5.11 Å². The third kappa shape index (κ3) is 5.82. The van der Waals surface area contributed by atoms with Crippen molar-refractivity contribution in [2.45, 2.75) is 13.8 Å². The van der Waals surface area contributed by atoms with Crippen LogP contribution in [0.1, 0.15) is 24.2 Å². The summed E-state index contributed by atoms with van der Waals surface area (Å²) in [4.78, 5) is 22.3. The van der Waals surface area contributed by atoms with Gasteiger partial charge in [-0.1, -0.05) is 13.8 Å². The van der Waals surface area contributed by atoms with Crippen LogP contribution < -0.4 is 15.4 Å². The largest absolute Gasteiger partial charge is 0.493 e. The lowest BCUT2D eigenvalue weighted by atomic mass is 10.2. The van der Waals surface area contributed by atoms with Crippen LogP contribution >= 0.6 is 12.2 Å². The Bertz CT molecular complexity index is 789. The predicted molar refractivity (Wildman–Crippen MR) is 104 cm³/mol. The number of nitro groups is 1. The van der Waals surface area contributed by atoms with E-state index in [0.29, 0.717) is 29.5 Å². The molecule has 8 heteroatoms. The molecule has 0 saturated carbocycles. The number of amides is 1. The molecule has 0 saturated heterocycles. The standard InChI is InChI=1S/C18H19N3O4S/c1-12(2)11-25-16-9-3-13(4-10-16)17(22)20-18(26)19-14-5-7-15(8-6-14)21(23)24/h3-10,12H,11H2,1-2H3,(H2,19,20,22,26). The van der Waals surface area contributed by atoms with E-state index in [1.54, 1.807) is 24.3 Å². The molecule has 2 aromatic carbocycles. The number of hydrogen-bond donors (Lipinski definition) is 2. The number of anilines is 1. The molecule has 26 heavy (non-hydrogen) atoms. The van der Waals surface area contributed by atoms with E-state index >= 15 is 0 Å². The summed E-state index contributed by atoms with van der Waals surface area (Å²) in [6.45, 7) is 4.72. The number of thiocarbonyl (C=S) groups is 1. The molecular formula is C18H19N3O4S. The Labute approximate surface area is 156 Å². The summed E-state index contributed by atoms with van der Waals surface area (Å²) >= 11 is 5.09. The summed E-state index contributed by atoms with van der Waals surface area (Å²) in [5.41, 5.74) is 0.957. The number of benzene rings is 2. The van der Waals surface area contributed by atoms with Crippen LogP contribution in [0.4, 0.5) is 11.4 Å². The van der Waals surface area contributed by atoms with Crippen molar-refractivity contribution in [2.75, 3.05) is 11.9 Å². The number of hydrogen-bond acceptors (Lipinski definition) is 5. The number of rotatable bonds is 6. The zero-order valence-electron chi connectivity index (χ0n) is 14.4. The molecule has 2 aromatic rings. The van der Waals surface area contributed by atoms with Crippen molar-refractivity contribution in [1.82, 2.24) is 5.32 Å². The van der Waals surface area contributed by atoms with Gasteiger partial charge in [0, 0.05) is 23.4 Å². The number of ether oxygens (including phenoxy) is 1. The zero-order chi connectivity index (χ0) is 19.1. The number of carbonyl (C=O) groups is 1. The molecule has 0 unspecified atom stereocenters. The van der Waals surface area contributed by atoms with Crippen molar-refractivity contribution < 1.29 is 14.5 Å². The van der Waals surface area contributed by atoms with E-state index in [0.717, 1.165) is 0 Å². The van der Waals surface area contributed by atoms with Crippen LogP contribution in [0.2, 0.25) is 0 Å². The van der Waals surface area contributed by atoms with E-state index < -0.39 is 4.92 Å². The lowest BCUT2D eigenvalue weighted by Crippen LogP contribution is -2.34. The van der Waals surface area contributed by atoms with Crippen molar-refractivity contribution in [2.24, 2.45) is 5.92 Å². The highest BCUT2D eigenvalue weighted by atomic mass is 32.1. The number of nitrogens with one attached hydrogen (secondary N) is 2. The maximum atomic E-state index is 12.2. The SMILES string of the molecule is CC(C)COc1ccc(C(=O)NC(=S)Nc2ccc([N+](=O)[O-])cc2)cc1. The van der Waals surface area contributed by atoms with Gasteiger partial charge in [0.25, 0.3) is 11.6 Å². The highest BCUT2D eigenvalue weighted by Gasteiger charge is 2.09. The van der Waals surface area contributed by atoms with E-state index in [-0.39, 0.29) is 16.7 Å². The monoisotopic (exact) mass is 373 g/mol. The van der Waals surface area contributed by atoms with Crippen LogP contribution in [0.3, 0.4) is 0 Å². The highest BCUT2D eigenvalue weighted by molar-refractivity contribution is 7.80. The van der Waals surface area contributed by atoms with Crippen molar-refractivity contribution in [3.05, 3.63) is 64.2 Å². The zero-order valence-corrected chi connectivity index (χ0v) is 15.2. The van der Waals surface area contributed by atoms with Gasteiger partial charge in [-0.15, -0.1) is 0 Å². The molecule has 0 aliphatic rings. The second-order valence-corrected chi connectivity index (χ2v) is 6.35. The molecule has 0 heterocycles. The first-order chi connectivity index (χ1) is 12.3. The fourth-order valence-electron chi connectivity index (χ4n) is 1.97. The fraction of sp³-hybridized carbons (Fsp3) is 0.222. The topological polar surface area (TPSA) is 93.5 Å². The molecule has 0 aliphatic carbocycles. The molecule has 136 valence electrons. The Morgan fingerprint density at radius 1 is 1.15 bits per heavy atom. The predicted octanol–water partition coefficient (Wildman–Crippen LogP) is 3.76. The fourth-order valence-corrected chi connectivity index (χ4v) is 2.18. The summed E-state index contributed by atoms with van der Waals surface area (Å²) in [5.74, 6) is 0.752. The van der Waals surface area contributed by atoms with E-state index in [4.69, 9.17) is 17.0 Å². The Kier molecular flexibility index (Phi) is 6.62. The first-order valence-electron chi connectivity index (χ1n) is 7.95. The van der Waals surface area contributed by atoms with Gasteiger partial charge >= 0.3 is 0 Å². The number of non-ortho nitro benzene ring substituents is 1. The van der Waals surface area contributed by atoms with Crippen LogP contribution in [-0.2, 0) is 0 Å². The van der Waals surface area contributed by atoms with Gasteiger partial charge in [0.05, 0.1) is 11.5 Å². The van der Waals surface area contributed by atoms with E-state index in [1.165, 1.54) is 24.3 Å². The molecule has 2 rings (SSSR count). The van der Waals surface area contributed by atoms with Crippen molar-refractivity contribution >= 4 is 34.6 Å². The van der Waals surface area contributed by atoms with Crippen LogP contribution in [0.25, 0.3) is 0 Å². The molecule has 0 bridgehead atoms. The van der Waals surface area contributed by atoms with Gasteiger partial charge in [-0.05, 0) is 54.5 Å². The minimum absolute atomic E-state index is 0.0229. The summed E-state index contributed by atoms with van der Waals surface area (Å²) in [7, 11) is 0. The number of nitrogens with zero attached hydrogens (tertiary/aromatic N) is 1. The second kappa shape index (κ2) is 8.91.